The molecule has 29 heavy (non-hydrogen) atoms. The van der Waals surface area contributed by atoms with Gasteiger partial charge in [0.1, 0.15) is 4.83 Å². The number of hydrogen-bond donors (Lipinski definition) is 1. The van der Waals surface area contributed by atoms with E-state index in [0.717, 1.165) is 27.0 Å². The minimum atomic E-state index is -0.126. The Morgan fingerprint density at radius 1 is 1.10 bits per heavy atom. The fraction of sp³-hybridized carbons (Fsp3) is 0.318. The van der Waals surface area contributed by atoms with Crippen LogP contribution in [0.25, 0.3) is 26.8 Å². The molecule has 4 rings (SSSR count). The summed E-state index contributed by atoms with van der Waals surface area (Å²) in [5.41, 5.74) is 3.14. The second-order valence-electron chi connectivity index (χ2n) is 7.71. The third-order valence-corrected chi connectivity index (χ3v) is 6.42. The molecule has 0 unspecified atom stereocenters. The Bertz CT molecular complexity index is 1290. The third-order valence-electron chi connectivity index (χ3n) is 5.07. The Balaban J connectivity index is 2.12. The number of nitrogens with one attached hydrogen (secondary N) is 1. The van der Waals surface area contributed by atoms with Gasteiger partial charge in [0.05, 0.1) is 22.3 Å². The second-order valence-corrected chi connectivity index (χ2v) is 9.35. The molecule has 1 aromatic carbocycles. The van der Waals surface area contributed by atoms with Crippen molar-refractivity contribution in [2.45, 2.75) is 34.6 Å². The lowest BCUT2D eigenvalue weighted by Gasteiger charge is -2.17. The number of nitrogens with zero attached hydrogens (tertiary/aromatic N) is 3. The summed E-state index contributed by atoms with van der Waals surface area (Å²) in [6.07, 6.45) is 0. The van der Waals surface area contributed by atoms with Crippen LogP contribution in [0.5, 0.6) is 0 Å². The third kappa shape index (κ3) is 3.40. The summed E-state index contributed by atoms with van der Waals surface area (Å²) in [5.74, 6) is 0.944. The van der Waals surface area contributed by atoms with Crippen LogP contribution in [0.15, 0.2) is 29.1 Å². The molecule has 1 N–H and O–H groups in total. The van der Waals surface area contributed by atoms with Crippen LogP contribution in [0.2, 0.25) is 5.02 Å². The highest BCUT2D eigenvalue weighted by Gasteiger charge is 2.20. The highest BCUT2D eigenvalue weighted by molar-refractivity contribution is 7.18. The van der Waals surface area contributed by atoms with E-state index < -0.39 is 0 Å². The van der Waals surface area contributed by atoms with Crippen molar-refractivity contribution in [3.8, 4) is 5.69 Å². The molecule has 0 amide bonds. The Morgan fingerprint density at radius 3 is 2.45 bits per heavy atom. The lowest BCUT2D eigenvalue weighted by molar-refractivity contribution is 0.681. The average Bonchev–Trinajstić information content (AvgIpc) is 2.94. The van der Waals surface area contributed by atoms with Gasteiger partial charge in [-0.25, -0.2) is 14.5 Å². The zero-order chi connectivity index (χ0) is 20.9. The van der Waals surface area contributed by atoms with E-state index in [0.29, 0.717) is 34.5 Å². The molecule has 0 bridgehead atoms. The van der Waals surface area contributed by atoms with Gasteiger partial charge >= 0.3 is 0 Å². The van der Waals surface area contributed by atoms with Crippen molar-refractivity contribution in [1.82, 2.24) is 14.5 Å². The normalized spacial score (nSPS) is 11.7. The van der Waals surface area contributed by atoms with Crippen LogP contribution in [-0.4, -0.2) is 21.1 Å². The maximum Gasteiger partial charge on any atom is 0.269 e. The number of hydrogen-bond acceptors (Lipinski definition) is 5. The van der Waals surface area contributed by atoms with Gasteiger partial charge < -0.3 is 5.32 Å². The van der Waals surface area contributed by atoms with Crippen LogP contribution in [0.4, 0.5) is 5.95 Å². The summed E-state index contributed by atoms with van der Waals surface area (Å²) in [5, 5.41) is 5.52. The Morgan fingerprint density at radius 2 is 1.79 bits per heavy atom. The van der Waals surface area contributed by atoms with Gasteiger partial charge in [-0.2, -0.15) is 0 Å². The van der Waals surface area contributed by atoms with Crippen LogP contribution in [0.1, 0.15) is 30.0 Å². The van der Waals surface area contributed by atoms with Crippen LogP contribution < -0.4 is 10.9 Å². The maximum atomic E-state index is 13.7. The topological polar surface area (TPSA) is 59.8 Å². The van der Waals surface area contributed by atoms with E-state index in [1.807, 2.05) is 19.1 Å². The Kier molecular flexibility index (Phi) is 5.09. The van der Waals surface area contributed by atoms with E-state index >= 15 is 0 Å². The summed E-state index contributed by atoms with van der Waals surface area (Å²) < 4.78 is 1.62. The molecule has 0 aliphatic carbocycles. The van der Waals surface area contributed by atoms with Crippen LogP contribution >= 0.6 is 22.9 Å². The molecular formula is C22H23ClN4OS. The van der Waals surface area contributed by atoms with Crippen molar-refractivity contribution in [1.29, 1.82) is 0 Å². The smallest absolute Gasteiger partial charge is 0.269 e. The molecule has 0 saturated heterocycles. The largest absolute Gasteiger partial charge is 0.355 e. The first-order valence-corrected chi connectivity index (χ1v) is 10.8. The molecule has 0 atom stereocenters. The van der Waals surface area contributed by atoms with Crippen molar-refractivity contribution < 1.29 is 0 Å². The summed E-state index contributed by atoms with van der Waals surface area (Å²) in [4.78, 5) is 25.5. The van der Waals surface area contributed by atoms with Crippen molar-refractivity contribution in [3.05, 3.63) is 55.8 Å². The standard InChI is InChI=1S/C22H23ClN4OS/c1-11(2)10-24-22-26-19-17-12(3)14(5)29-20(17)25-13(4)18(19)21(28)27(22)16-8-6-15(23)7-9-16/h6-9,11H,10H2,1-5H3,(H,24,26). The van der Waals surface area contributed by atoms with Crippen molar-refractivity contribution in [2.24, 2.45) is 5.92 Å². The number of aromatic nitrogens is 3. The van der Waals surface area contributed by atoms with Gasteiger partial charge in [0.15, 0.2) is 0 Å². The molecule has 7 heteroatoms. The number of rotatable bonds is 4. The van der Waals surface area contributed by atoms with E-state index in [9.17, 15) is 4.79 Å². The van der Waals surface area contributed by atoms with E-state index in [-0.39, 0.29) is 5.56 Å². The summed E-state index contributed by atoms with van der Waals surface area (Å²) in [6.45, 7) is 11.0. The van der Waals surface area contributed by atoms with Gasteiger partial charge in [-0.15, -0.1) is 11.3 Å². The van der Waals surface area contributed by atoms with Crippen LogP contribution in [0, 0.1) is 26.7 Å². The van der Waals surface area contributed by atoms with Crippen LogP contribution in [-0.2, 0) is 0 Å². The van der Waals surface area contributed by atoms with E-state index in [2.05, 4.69) is 33.0 Å². The monoisotopic (exact) mass is 426 g/mol. The Hall–Kier alpha value is -2.44. The van der Waals surface area contributed by atoms with E-state index in [1.54, 1.807) is 28.0 Å². The minimum Gasteiger partial charge on any atom is -0.355 e. The van der Waals surface area contributed by atoms with E-state index in [4.69, 9.17) is 21.6 Å². The SMILES string of the molecule is Cc1sc2nc(C)c3c(=O)n(-c4ccc(Cl)cc4)c(NCC(C)C)nc3c2c1C. The number of fused-ring (bicyclic) bond motifs is 3. The fourth-order valence-corrected chi connectivity index (χ4v) is 4.65. The number of anilines is 1. The number of pyridine rings is 1. The predicted molar refractivity (Wildman–Crippen MR) is 123 cm³/mol. The molecule has 0 fully saturated rings. The lowest BCUT2D eigenvalue weighted by Crippen LogP contribution is -2.26. The zero-order valence-corrected chi connectivity index (χ0v) is 18.7. The van der Waals surface area contributed by atoms with Crippen molar-refractivity contribution in [2.75, 3.05) is 11.9 Å². The quantitative estimate of drug-likeness (QED) is 0.458. The zero-order valence-electron chi connectivity index (χ0n) is 17.1. The fourth-order valence-electron chi connectivity index (χ4n) is 3.45. The van der Waals surface area contributed by atoms with Gasteiger partial charge in [-0.1, -0.05) is 25.4 Å². The highest BCUT2D eigenvalue weighted by Crippen LogP contribution is 2.34. The predicted octanol–water partition coefficient (Wildman–Crippen LogP) is 5.64. The van der Waals surface area contributed by atoms with Crippen LogP contribution in [0.3, 0.4) is 0 Å². The molecule has 0 aliphatic rings. The highest BCUT2D eigenvalue weighted by atomic mass is 35.5. The second kappa shape index (κ2) is 7.43. The van der Waals surface area contributed by atoms with E-state index in [1.165, 1.54) is 4.88 Å². The summed E-state index contributed by atoms with van der Waals surface area (Å²) in [6, 6.07) is 7.22. The average molecular weight is 427 g/mol. The first kappa shape index (κ1) is 19.9. The van der Waals surface area contributed by atoms with Gasteiger partial charge in [0.2, 0.25) is 5.95 Å². The number of halogens is 1. The minimum absolute atomic E-state index is 0.126. The molecule has 0 saturated carbocycles. The number of aryl methyl sites for hydroxylation is 3. The first-order valence-electron chi connectivity index (χ1n) is 9.60. The van der Waals surface area contributed by atoms with Gasteiger partial charge in [-0.05, 0) is 56.5 Å². The maximum absolute atomic E-state index is 13.7. The molecule has 0 radical (unpaired) electrons. The first-order chi connectivity index (χ1) is 13.8. The number of thiophene rings is 1. The molecule has 150 valence electrons. The lowest BCUT2D eigenvalue weighted by atomic mass is 10.1. The molecule has 0 aliphatic heterocycles. The molecule has 4 aromatic rings. The Labute approximate surface area is 178 Å². The number of benzene rings is 1. The molecule has 3 heterocycles. The molecule has 3 aromatic heterocycles. The van der Waals surface area contributed by atoms with Crippen molar-refractivity contribution >= 4 is 50.0 Å². The molecule has 5 nitrogen and oxygen atoms in total. The van der Waals surface area contributed by atoms with Gasteiger partial charge in [0, 0.05) is 21.8 Å². The van der Waals surface area contributed by atoms with Crippen molar-refractivity contribution in [3.63, 3.8) is 0 Å². The summed E-state index contributed by atoms with van der Waals surface area (Å²) >= 11 is 7.70. The van der Waals surface area contributed by atoms with Gasteiger partial charge in [-0.3, -0.25) is 4.79 Å². The molecule has 0 spiro atoms. The summed E-state index contributed by atoms with van der Waals surface area (Å²) in [7, 11) is 0. The van der Waals surface area contributed by atoms with Gasteiger partial charge in [0.25, 0.3) is 5.56 Å². The molecular weight excluding hydrogens is 404 g/mol.